The number of hydrogen-bond donors (Lipinski definition) is 2. The fourth-order valence-electron chi connectivity index (χ4n) is 2.34. The van der Waals surface area contributed by atoms with Gasteiger partial charge >= 0.3 is 0 Å². The molecule has 100 valence electrons. The van der Waals surface area contributed by atoms with Crippen LogP contribution in [-0.2, 0) is 4.79 Å². The van der Waals surface area contributed by atoms with Gasteiger partial charge in [0, 0.05) is 19.1 Å². The highest BCUT2D eigenvalue weighted by Gasteiger charge is 2.18. The van der Waals surface area contributed by atoms with Gasteiger partial charge in [-0.1, -0.05) is 19.8 Å². The largest absolute Gasteiger partial charge is 0.354 e. The Hall–Kier alpha value is -0.610. The van der Waals surface area contributed by atoms with Crippen LogP contribution in [0.1, 0.15) is 39.0 Å². The van der Waals surface area contributed by atoms with E-state index in [1.807, 2.05) is 0 Å². The van der Waals surface area contributed by atoms with E-state index in [1.165, 1.54) is 25.7 Å². The minimum Gasteiger partial charge on any atom is -0.354 e. The number of likely N-dealkylation sites (N-methyl/N-ethyl adjacent to an activating group) is 1. The van der Waals surface area contributed by atoms with Gasteiger partial charge in [-0.15, -0.1) is 0 Å². The molecule has 0 saturated heterocycles. The van der Waals surface area contributed by atoms with Gasteiger partial charge in [0.05, 0.1) is 6.54 Å². The predicted octanol–water partition coefficient (Wildman–Crippen LogP) is 0.977. The molecular formula is C13H27N3O. The lowest BCUT2D eigenvalue weighted by atomic mass is 10.2. The molecule has 4 heteroatoms. The zero-order valence-electron chi connectivity index (χ0n) is 11.3. The molecule has 0 unspecified atom stereocenters. The van der Waals surface area contributed by atoms with Crippen LogP contribution in [0.25, 0.3) is 0 Å². The van der Waals surface area contributed by atoms with Gasteiger partial charge in [-0.3, -0.25) is 4.79 Å². The predicted molar refractivity (Wildman–Crippen MR) is 71.1 cm³/mol. The molecule has 0 aliphatic heterocycles. The normalized spacial score (nSPS) is 16.6. The average molecular weight is 241 g/mol. The lowest BCUT2D eigenvalue weighted by molar-refractivity contribution is -0.120. The van der Waals surface area contributed by atoms with Crippen molar-refractivity contribution in [3.8, 4) is 0 Å². The molecule has 1 fully saturated rings. The number of nitrogens with zero attached hydrogens (tertiary/aromatic N) is 1. The SMILES string of the molecule is CCCNCC(=O)NCCN(C)C1CCCC1. The van der Waals surface area contributed by atoms with Crippen LogP contribution in [0.4, 0.5) is 0 Å². The molecule has 1 rings (SSSR count). The highest BCUT2D eigenvalue weighted by molar-refractivity contribution is 5.77. The van der Waals surface area contributed by atoms with Crippen LogP contribution in [0, 0.1) is 0 Å². The lowest BCUT2D eigenvalue weighted by Crippen LogP contribution is -2.40. The van der Waals surface area contributed by atoms with E-state index in [0.29, 0.717) is 6.54 Å². The van der Waals surface area contributed by atoms with Crippen molar-refractivity contribution in [1.29, 1.82) is 0 Å². The summed E-state index contributed by atoms with van der Waals surface area (Å²) in [6.45, 7) is 5.18. The molecule has 4 nitrogen and oxygen atoms in total. The van der Waals surface area contributed by atoms with Gasteiger partial charge in [-0.05, 0) is 32.9 Å². The molecule has 1 aliphatic rings. The molecule has 1 amide bonds. The molecule has 0 heterocycles. The molecule has 1 aliphatic carbocycles. The molecular weight excluding hydrogens is 214 g/mol. The average Bonchev–Trinajstić information content (AvgIpc) is 2.82. The minimum atomic E-state index is 0.110. The Morgan fingerprint density at radius 3 is 2.65 bits per heavy atom. The number of rotatable bonds is 8. The van der Waals surface area contributed by atoms with Crippen LogP contribution in [0.2, 0.25) is 0 Å². The summed E-state index contributed by atoms with van der Waals surface area (Å²) in [7, 11) is 2.16. The summed E-state index contributed by atoms with van der Waals surface area (Å²) < 4.78 is 0. The molecule has 17 heavy (non-hydrogen) atoms. The van der Waals surface area contributed by atoms with E-state index in [-0.39, 0.29) is 5.91 Å². The van der Waals surface area contributed by atoms with Gasteiger partial charge in [0.1, 0.15) is 0 Å². The highest BCUT2D eigenvalue weighted by atomic mass is 16.1. The van der Waals surface area contributed by atoms with Crippen molar-refractivity contribution in [3.63, 3.8) is 0 Å². The molecule has 0 bridgehead atoms. The van der Waals surface area contributed by atoms with E-state index >= 15 is 0 Å². The van der Waals surface area contributed by atoms with Crippen molar-refractivity contribution in [3.05, 3.63) is 0 Å². The van der Waals surface area contributed by atoms with Gasteiger partial charge in [0.25, 0.3) is 0 Å². The van der Waals surface area contributed by atoms with Gasteiger partial charge < -0.3 is 15.5 Å². The summed E-state index contributed by atoms with van der Waals surface area (Å²) >= 11 is 0. The standard InChI is InChI=1S/C13H27N3O/c1-3-8-14-11-13(17)15-9-10-16(2)12-6-4-5-7-12/h12,14H,3-11H2,1-2H3,(H,15,17). The number of nitrogens with one attached hydrogen (secondary N) is 2. The van der Waals surface area contributed by atoms with Crippen molar-refractivity contribution in [2.75, 3.05) is 33.2 Å². The third-order valence-corrected chi connectivity index (χ3v) is 3.45. The topological polar surface area (TPSA) is 44.4 Å². The van der Waals surface area contributed by atoms with Crippen LogP contribution in [0.15, 0.2) is 0 Å². The van der Waals surface area contributed by atoms with Crippen LogP contribution in [-0.4, -0.2) is 50.1 Å². The second-order valence-electron chi connectivity index (χ2n) is 4.95. The van der Waals surface area contributed by atoms with Crippen molar-refractivity contribution in [1.82, 2.24) is 15.5 Å². The van der Waals surface area contributed by atoms with Gasteiger partial charge in [0.2, 0.25) is 5.91 Å². The minimum absolute atomic E-state index is 0.110. The number of amides is 1. The molecule has 0 atom stereocenters. The summed E-state index contributed by atoms with van der Waals surface area (Å²) in [5, 5.41) is 6.06. The molecule has 0 aromatic rings. The lowest BCUT2D eigenvalue weighted by Gasteiger charge is -2.23. The van der Waals surface area contributed by atoms with Gasteiger partial charge in [-0.25, -0.2) is 0 Å². The number of carbonyl (C=O) groups is 1. The highest BCUT2D eigenvalue weighted by Crippen LogP contribution is 2.21. The smallest absolute Gasteiger partial charge is 0.234 e. The first kappa shape index (κ1) is 14.5. The Balaban J connectivity index is 2.00. The second kappa shape index (κ2) is 8.48. The Labute approximate surface area is 105 Å². The molecule has 1 saturated carbocycles. The van der Waals surface area contributed by atoms with E-state index in [9.17, 15) is 4.79 Å². The van der Waals surface area contributed by atoms with Crippen LogP contribution in [0.3, 0.4) is 0 Å². The zero-order chi connectivity index (χ0) is 12.5. The first-order chi connectivity index (χ1) is 8.24. The van der Waals surface area contributed by atoms with Crippen LogP contribution >= 0.6 is 0 Å². The fraction of sp³-hybridized carbons (Fsp3) is 0.923. The van der Waals surface area contributed by atoms with E-state index in [2.05, 4.69) is 29.5 Å². The van der Waals surface area contributed by atoms with E-state index in [1.54, 1.807) is 0 Å². The Bertz CT molecular complexity index is 215. The summed E-state index contributed by atoms with van der Waals surface area (Å²) in [4.78, 5) is 13.8. The molecule has 0 aromatic heterocycles. The maximum Gasteiger partial charge on any atom is 0.234 e. The summed E-state index contributed by atoms with van der Waals surface area (Å²) in [6, 6.07) is 0.741. The molecule has 0 radical (unpaired) electrons. The summed E-state index contributed by atoms with van der Waals surface area (Å²) in [5.74, 6) is 0.110. The third kappa shape index (κ3) is 6.03. The van der Waals surface area contributed by atoms with E-state index < -0.39 is 0 Å². The fourth-order valence-corrected chi connectivity index (χ4v) is 2.34. The zero-order valence-corrected chi connectivity index (χ0v) is 11.3. The maximum atomic E-state index is 11.4. The summed E-state index contributed by atoms with van der Waals surface area (Å²) in [5.41, 5.74) is 0. The van der Waals surface area contributed by atoms with Gasteiger partial charge in [0.15, 0.2) is 0 Å². The molecule has 0 aromatic carbocycles. The quantitative estimate of drug-likeness (QED) is 0.623. The van der Waals surface area contributed by atoms with Crippen LogP contribution < -0.4 is 10.6 Å². The third-order valence-electron chi connectivity index (χ3n) is 3.45. The van der Waals surface area contributed by atoms with Crippen molar-refractivity contribution in [2.45, 2.75) is 45.1 Å². The van der Waals surface area contributed by atoms with Gasteiger partial charge in [-0.2, -0.15) is 0 Å². The van der Waals surface area contributed by atoms with E-state index in [0.717, 1.165) is 32.1 Å². The summed E-state index contributed by atoms with van der Waals surface area (Å²) in [6.07, 6.45) is 6.44. The molecule has 0 spiro atoms. The maximum absolute atomic E-state index is 11.4. The molecule has 2 N–H and O–H groups in total. The number of carbonyl (C=O) groups excluding carboxylic acids is 1. The number of hydrogen-bond acceptors (Lipinski definition) is 3. The first-order valence-corrected chi connectivity index (χ1v) is 6.91. The van der Waals surface area contributed by atoms with Crippen molar-refractivity contribution >= 4 is 5.91 Å². The second-order valence-corrected chi connectivity index (χ2v) is 4.95. The Morgan fingerprint density at radius 1 is 1.29 bits per heavy atom. The van der Waals surface area contributed by atoms with Crippen molar-refractivity contribution in [2.24, 2.45) is 0 Å². The Kier molecular flexibility index (Phi) is 7.21. The van der Waals surface area contributed by atoms with E-state index in [4.69, 9.17) is 0 Å². The van der Waals surface area contributed by atoms with Crippen LogP contribution in [0.5, 0.6) is 0 Å². The first-order valence-electron chi connectivity index (χ1n) is 6.91. The Morgan fingerprint density at radius 2 is 2.00 bits per heavy atom. The van der Waals surface area contributed by atoms with Crippen molar-refractivity contribution < 1.29 is 4.79 Å². The monoisotopic (exact) mass is 241 g/mol.